The molecular formula is C34H47N5O4. The van der Waals surface area contributed by atoms with Crippen molar-refractivity contribution in [1.29, 1.82) is 0 Å². The highest BCUT2D eigenvalue weighted by atomic mass is 16.5. The van der Waals surface area contributed by atoms with E-state index in [0.717, 1.165) is 44.1 Å². The molecule has 4 aliphatic rings. The van der Waals surface area contributed by atoms with E-state index in [1.54, 1.807) is 24.0 Å². The predicted molar refractivity (Wildman–Crippen MR) is 164 cm³/mol. The van der Waals surface area contributed by atoms with E-state index in [1.807, 2.05) is 24.3 Å². The molecule has 0 radical (unpaired) electrons. The van der Waals surface area contributed by atoms with Gasteiger partial charge in [-0.3, -0.25) is 19.1 Å². The number of carbonyl (C=O) groups excluding carboxylic acids is 3. The lowest BCUT2D eigenvalue weighted by molar-refractivity contribution is -0.127. The Balaban J connectivity index is 1.23. The first kappa shape index (κ1) is 29.9. The summed E-state index contributed by atoms with van der Waals surface area (Å²) < 4.78 is 7.33. The van der Waals surface area contributed by atoms with Crippen molar-refractivity contribution >= 4 is 23.4 Å². The van der Waals surface area contributed by atoms with Crippen molar-refractivity contribution in [3.05, 3.63) is 47.8 Å². The van der Waals surface area contributed by atoms with Crippen molar-refractivity contribution in [1.82, 2.24) is 20.4 Å². The average molecular weight is 590 g/mol. The summed E-state index contributed by atoms with van der Waals surface area (Å²) in [5, 5.41) is 13.7. The van der Waals surface area contributed by atoms with Gasteiger partial charge in [-0.25, -0.2) is 0 Å². The minimum atomic E-state index is -0.785. The maximum Gasteiger partial charge on any atom is 0.270 e. The molecule has 0 bridgehead atoms. The second-order valence-corrected chi connectivity index (χ2v) is 13.9. The van der Waals surface area contributed by atoms with Crippen LogP contribution in [0.5, 0.6) is 0 Å². The third-order valence-electron chi connectivity index (χ3n) is 10.7. The molecule has 1 saturated heterocycles. The lowest BCUT2D eigenvalue weighted by atomic mass is 9.70. The van der Waals surface area contributed by atoms with E-state index in [1.165, 1.54) is 25.7 Å². The molecule has 232 valence electrons. The number of carbonyl (C=O) groups is 3. The minimum Gasteiger partial charge on any atom is -0.380 e. The van der Waals surface area contributed by atoms with Crippen LogP contribution < -0.4 is 16.0 Å². The fraction of sp³-hybridized carbons (Fsp3) is 0.647. The van der Waals surface area contributed by atoms with E-state index in [9.17, 15) is 14.4 Å². The van der Waals surface area contributed by atoms with E-state index in [-0.39, 0.29) is 29.1 Å². The van der Waals surface area contributed by atoms with Crippen LogP contribution in [-0.4, -0.2) is 53.3 Å². The number of rotatable bonds is 11. The highest BCUT2D eigenvalue weighted by Crippen LogP contribution is 2.47. The number of nitrogens with one attached hydrogen (secondary N) is 3. The zero-order valence-corrected chi connectivity index (χ0v) is 25.7. The van der Waals surface area contributed by atoms with Gasteiger partial charge in [-0.15, -0.1) is 0 Å². The van der Waals surface area contributed by atoms with E-state index in [4.69, 9.17) is 4.74 Å². The minimum absolute atomic E-state index is 0.00554. The van der Waals surface area contributed by atoms with Gasteiger partial charge in [0.25, 0.3) is 5.91 Å². The third-order valence-corrected chi connectivity index (χ3v) is 10.7. The molecule has 3 amide bonds. The standard InChI is InChI=1S/C34H47N5O4/c1-33(15-7-16-33)21-35-32(42)34(17-19-43-22-34)25-10-6-11-26(20-25)37-31(41)29(38-30(40)27-14-18-36-39(27)2)28(24-12-13-24)23-8-4-3-5-9-23/h6,10-11,14,18,20,23-24,28-29H,3-5,7-9,12-13,15-17,19,21-22H2,1-2H3,(H,35,42)(H,37,41)(H,38,40)/t28?,29-,34?/m0/s1. The number of ether oxygens (including phenoxy) is 1. The Kier molecular flexibility index (Phi) is 8.63. The van der Waals surface area contributed by atoms with Gasteiger partial charge >= 0.3 is 0 Å². The maximum atomic E-state index is 14.2. The van der Waals surface area contributed by atoms with Gasteiger partial charge in [0.1, 0.15) is 11.7 Å². The second kappa shape index (κ2) is 12.4. The van der Waals surface area contributed by atoms with Gasteiger partial charge in [-0.05, 0) is 79.0 Å². The van der Waals surface area contributed by atoms with Crippen LogP contribution in [0.3, 0.4) is 0 Å². The second-order valence-electron chi connectivity index (χ2n) is 13.9. The number of amides is 3. The average Bonchev–Trinajstić information content (AvgIpc) is 3.52. The summed E-state index contributed by atoms with van der Waals surface area (Å²) >= 11 is 0. The van der Waals surface area contributed by atoms with E-state index in [0.29, 0.717) is 49.4 Å². The Labute approximate surface area is 254 Å². The van der Waals surface area contributed by atoms with Crippen LogP contribution in [0.1, 0.15) is 93.6 Å². The Morgan fingerprint density at radius 1 is 1.02 bits per heavy atom. The lowest BCUT2D eigenvalue weighted by Gasteiger charge is -2.39. The molecule has 0 spiro atoms. The van der Waals surface area contributed by atoms with Crippen LogP contribution in [0.15, 0.2) is 36.5 Å². The summed E-state index contributed by atoms with van der Waals surface area (Å²) in [6.45, 7) is 3.75. The predicted octanol–water partition coefficient (Wildman–Crippen LogP) is 4.73. The van der Waals surface area contributed by atoms with Gasteiger partial charge < -0.3 is 20.7 Å². The Morgan fingerprint density at radius 3 is 2.42 bits per heavy atom. The SMILES string of the molecule is Cn1nccc1C(=O)N[C@H](C(=O)Nc1cccc(C2(C(=O)NCC3(C)CCC3)CCOC2)c1)C(C1CCCCC1)C1CC1. The molecule has 2 unspecified atom stereocenters. The zero-order chi connectivity index (χ0) is 30.0. The molecule has 6 rings (SSSR count). The van der Waals surface area contributed by atoms with Crippen molar-refractivity contribution < 1.29 is 19.1 Å². The molecule has 2 aromatic rings. The number of nitrogens with zero attached hydrogens (tertiary/aromatic N) is 2. The Morgan fingerprint density at radius 2 is 1.79 bits per heavy atom. The summed E-state index contributed by atoms with van der Waals surface area (Å²) in [7, 11) is 1.74. The highest BCUT2D eigenvalue weighted by molar-refractivity contribution is 6.01. The fourth-order valence-corrected chi connectivity index (χ4v) is 7.72. The summed E-state index contributed by atoms with van der Waals surface area (Å²) in [6.07, 6.45) is 13.7. The van der Waals surface area contributed by atoms with E-state index in [2.05, 4.69) is 28.0 Å². The maximum absolute atomic E-state index is 14.2. The molecule has 9 heteroatoms. The van der Waals surface area contributed by atoms with Crippen molar-refractivity contribution in [2.75, 3.05) is 25.1 Å². The molecule has 1 aromatic heterocycles. The Bertz CT molecular complexity index is 1320. The summed E-state index contributed by atoms with van der Waals surface area (Å²) in [5.74, 6) is 0.457. The lowest BCUT2D eigenvalue weighted by Crippen LogP contribution is -2.52. The molecule has 3 atom stereocenters. The highest BCUT2D eigenvalue weighted by Gasteiger charge is 2.47. The van der Waals surface area contributed by atoms with Crippen LogP contribution >= 0.6 is 0 Å². The number of aryl methyl sites for hydroxylation is 1. The molecule has 3 aliphatic carbocycles. The van der Waals surface area contributed by atoms with Crippen LogP contribution in [0.2, 0.25) is 0 Å². The largest absolute Gasteiger partial charge is 0.380 e. The number of benzene rings is 1. The van der Waals surface area contributed by atoms with E-state index >= 15 is 0 Å². The molecule has 3 N–H and O–H groups in total. The summed E-state index contributed by atoms with van der Waals surface area (Å²) in [4.78, 5) is 41.3. The van der Waals surface area contributed by atoms with Gasteiger partial charge in [0.15, 0.2) is 0 Å². The number of aromatic nitrogens is 2. The smallest absolute Gasteiger partial charge is 0.270 e. The molecule has 43 heavy (non-hydrogen) atoms. The van der Waals surface area contributed by atoms with Crippen molar-refractivity contribution in [2.24, 2.45) is 30.2 Å². The van der Waals surface area contributed by atoms with Gasteiger partial charge in [0, 0.05) is 32.1 Å². The molecule has 4 fully saturated rings. The third kappa shape index (κ3) is 6.37. The number of hydrogen-bond donors (Lipinski definition) is 3. The first-order valence-corrected chi connectivity index (χ1v) is 16.3. The molecule has 3 saturated carbocycles. The first-order chi connectivity index (χ1) is 20.8. The topological polar surface area (TPSA) is 114 Å². The van der Waals surface area contributed by atoms with Gasteiger partial charge in [-0.1, -0.05) is 57.6 Å². The first-order valence-electron chi connectivity index (χ1n) is 16.3. The van der Waals surface area contributed by atoms with Crippen LogP contribution in [0, 0.1) is 23.2 Å². The quantitative estimate of drug-likeness (QED) is 0.351. The molecular weight excluding hydrogens is 542 g/mol. The van der Waals surface area contributed by atoms with Crippen molar-refractivity contribution in [3.63, 3.8) is 0 Å². The van der Waals surface area contributed by atoms with Gasteiger partial charge in [0.2, 0.25) is 11.8 Å². The van der Waals surface area contributed by atoms with Crippen molar-refractivity contribution in [3.8, 4) is 0 Å². The summed E-state index contributed by atoms with van der Waals surface area (Å²) in [6, 6.07) is 8.67. The van der Waals surface area contributed by atoms with Crippen LogP contribution in [0.25, 0.3) is 0 Å². The molecule has 9 nitrogen and oxygen atoms in total. The molecule has 1 aromatic carbocycles. The van der Waals surface area contributed by atoms with Crippen LogP contribution in [-0.2, 0) is 26.8 Å². The fourth-order valence-electron chi connectivity index (χ4n) is 7.72. The van der Waals surface area contributed by atoms with E-state index < -0.39 is 11.5 Å². The summed E-state index contributed by atoms with van der Waals surface area (Å²) in [5.41, 5.74) is 1.30. The normalized spacial score (nSPS) is 24.9. The number of anilines is 1. The molecule has 1 aliphatic heterocycles. The van der Waals surface area contributed by atoms with Gasteiger partial charge in [-0.2, -0.15) is 5.10 Å². The zero-order valence-electron chi connectivity index (χ0n) is 25.7. The van der Waals surface area contributed by atoms with Crippen LogP contribution in [0.4, 0.5) is 5.69 Å². The Hall–Kier alpha value is -3.20. The van der Waals surface area contributed by atoms with Crippen molar-refractivity contribution in [2.45, 2.75) is 89.0 Å². The number of hydrogen-bond acceptors (Lipinski definition) is 5. The van der Waals surface area contributed by atoms with Gasteiger partial charge in [0.05, 0.1) is 12.0 Å². The monoisotopic (exact) mass is 589 g/mol. The molecule has 2 heterocycles.